The van der Waals surface area contributed by atoms with E-state index < -0.39 is 0 Å². The maximum Gasteiger partial charge on any atom is 0.135 e. The SMILES string of the molecule is CCCCCCCCCCC(=O)[C@H]1CC[C@H](c2ccc(F)cc2)CC1. The molecule has 0 heterocycles. The summed E-state index contributed by atoms with van der Waals surface area (Å²) in [7, 11) is 0. The number of Topliss-reactive ketones (excluding diaryl/α,β-unsaturated/α-hetero) is 1. The summed E-state index contributed by atoms with van der Waals surface area (Å²) < 4.78 is 13.0. The molecule has 1 nitrogen and oxygen atoms in total. The van der Waals surface area contributed by atoms with Crippen LogP contribution < -0.4 is 0 Å². The van der Waals surface area contributed by atoms with Gasteiger partial charge in [0, 0.05) is 12.3 Å². The molecule has 0 aromatic heterocycles. The normalized spacial score (nSPS) is 20.6. The summed E-state index contributed by atoms with van der Waals surface area (Å²) in [5, 5.41) is 0. The molecule has 1 aliphatic carbocycles. The van der Waals surface area contributed by atoms with Gasteiger partial charge < -0.3 is 0 Å². The Hall–Kier alpha value is -1.18. The first-order valence-electron chi connectivity index (χ1n) is 10.5. The lowest BCUT2D eigenvalue weighted by atomic mass is 9.76. The first-order chi connectivity index (χ1) is 12.2. The van der Waals surface area contributed by atoms with Gasteiger partial charge in [0.15, 0.2) is 0 Å². The predicted octanol–water partition coefficient (Wildman–Crippen LogP) is 7.20. The van der Waals surface area contributed by atoms with Crippen molar-refractivity contribution >= 4 is 5.78 Å². The molecule has 0 radical (unpaired) electrons. The highest BCUT2D eigenvalue weighted by molar-refractivity contribution is 5.81. The molecule has 140 valence electrons. The quantitative estimate of drug-likeness (QED) is 0.387. The Morgan fingerprint density at radius 1 is 0.880 bits per heavy atom. The number of rotatable bonds is 11. The van der Waals surface area contributed by atoms with Crippen LogP contribution in [0, 0.1) is 11.7 Å². The van der Waals surface area contributed by atoms with Crippen LogP contribution in [0.15, 0.2) is 24.3 Å². The topological polar surface area (TPSA) is 17.1 Å². The minimum atomic E-state index is -0.169. The fourth-order valence-corrected chi connectivity index (χ4v) is 4.12. The minimum absolute atomic E-state index is 0.169. The molecule has 2 heteroatoms. The molecule has 1 fully saturated rings. The Kier molecular flexibility index (Phi) is 9.21. The first kappa shape index (κ1) is 20.1. The number of hydrogen-bond donors (Lipinski definition) is 0. The number of halogens is 1. The molecule has 1 saturated carbocycles. The van der Waals surface area contributed by atoms with Gasteiger partial charge in [-0.05, 0) is 55.7 Å². The van der Waals surface area contributed by atoms with Crippen molar-refractivity contribution in [1.29, 1.82) is 0 Å². The van der Waals surface area contributed by atoms with Crippen LogP contribution in [0.2, 0.25) is 0 Å². The molecule has 0 N–H and O–H groups in total. The molecular formula is C23H35FO. The number of carbonyl (C=O) groups is 1. The third-order valence-electron chi connectivity index (χ3n) is 5.80. The second-order valence-corrected chi connectivity index (χ2v) is 7.79. The molecule has 1 aliphatic rings. The molecule has 0 bridgehead atoms. The third-order valence-corrected chi connectivity index (χ3v) is 5.80. The fraction of sp³-hybridized carbons (Fsp3) is 0.696. The maximum atomic E-state index is 13.0. The van der Waals surface area contributed by atoms with E-state index in [1.165, 1.54) is 50.5 Å². The van der Waals surface area contributed by atoms with Gasteiger partial charge in [0.25, 0.3) is 0 Å². The van der Waals surface area contributed by atoms with Crippen molar-refractivity contribution in [3.63, 3.8) is 0 Å². The van der Waals surface area contributed by atoms with E-state index in [0.717, 1.165) is 38.5 Å². The van der Waals surface area contributed by atoms with Gasteiger partial charge in [0.1, 0.15) is 11.6 Å². The summed E-state index contributed by atoms with van der Waals surface area (Å²) in [6.07, 6.45) is 15.2. The number of hydrogen-bond acceptors (Lipinski definition) is 1. The van der Waals surface area contributed by atoms with E-state index in [2.05, 4.69) is 6.92 Å². The Morgan fingerprint density at radius 3 is 2.04 bits per heavy atom. The summed E-state index contributed by atoms with van der Waals surface area (Å²) in [5.41, 5.74) is 1.23. The van der Waals surface area contributed by atoms with Crippen LogP contribution >= 0.6 is 0 Å². The van der Waals surface area contributed by atoms with E-state index in [4.69, 9.17) is 0 Å². The Bertz CT molecular complexity index is 485. The van der Waals surface area contributed by atoms with Crippen LogP contribution in [0.3, 0.4) is 0 Å². The van der Waals surface area contributed by atoms with Crippen molar-refractivity contribution in [2.45, 2.75) is 96.3 Å². The molecule has 0 spiro atoms. The number of ketones is 1. The minimum Gasteiger partial charge on any atom is -0.299 e. The first-order valence-corrected chi connectivity index (χ1v) is 10.5. The van der Waals surface area contributed by atoms with E-state index >= 15 is 0 Å². The standard InChI is InChI=1S/C23H35FO/c1-2-3-4-5-6-7-8-9-10-23(25)21-13-11-19(12-14-21)20-15-17-22(24)18-16-20/h15-19,21H,2-14H2,1H3/t19-,21-. The van der Waals surface area contributed by atoms with Gasteiger partial charge in [0.2, 0.25) is 0 Å². The van der Waals surface area contributed by atoms with E-state index in [1.54, 1.807) is 12.1 Å². The van der Waals surface area contributed by atoms with E-state index in [0.29, 0.717) is 11.7 Å². The Morgan fingerprint density at radius 2 is 1.44 bits per heavy atom. The van der Waals surface area contributed by atoms with Gasteiger partial charge in [-0.3, -0.25) is 4.79 Å². The molecule has 0 atom stereocenters. The summed E-state index contributed by atoms with van der Waals surface area (Å²) in [5.74, 6) is 1.11. The number of carbonyl (C=O) groups excluding carboxylic acids is 1. The van der Waals surface area contributed by atoms with Crippen molar-refractivity contribution in [3.8, 4) is 0 Å². The zero-order valence-corrected chi connectivity index (χ0v) is 15.9. The number of unbranched alkanes of at least 4 members (excludes halogenated alkanes) is 7. The predicted molar refractivity (Wildman–Crippen MR) is 103 cm³/mol. The van der Waals surface area contributed by atoms with Gasteiger partial charge in [-0.15, -0.1) is 0 Å². The second-order valence-electron chi connectivity index (χ2n) is 7.79. The fourth-order valence-electron chi connectivity index (χ4n) is 4.12. The molecule has 0 amide bonds. The van der Waals surface area contributed by atoms with Gasteiger partial charge in [0.05, 0.1) is 0 Å². The van der Waals surface area contributed by atoms with Crippen molar-refractivity contribution in [2.75, 3.05) is 0 Å². The van der Waals surface area contributed by atoms with Crippen molar-refractivity contribution in [1.82, 2.24) is 0 Å². The molecule has 2 rings (SSSR count). The largest absolute Gasteiger partial charge is 0.299 e. The molecular weight excluding hydrogens is 311 g/mol. The highest BCUT2D eigenvalue weighted by atomic mass is 19.1. The Labute approximate surface area is 153 Å². The van der Waals surface area contributed by atoms with Crippen LogP contribution in [0.4, 0.5) is 4.39 Å². The van der Waals surface area contributed by atoms with Gasteiger partial charge >= 0.3 is 0 Å². The van der Waals surface area contributed by atoms with Crippen LogP contribution in [0.1, 0.15) is 102 Å². The Balaban J connectivity index is 1.57. The molecule has 0 unspecified atom stereocenters. The molecule has 1 aromatic rings. The monoisotopic (exact) mass is 346 g/mol. The lowest BCUT2D eigenvalue weighted by Gasteiger charge is -2.28. The van der Waals surface area contributed by atoms with Gasteiger partial charge in [-0.25, -0.2) is 4.39 Å². The van der Waals surface area contributed by atoms with Crippen molar-refractivity contribution in [2.24, 2.45) is 5.92 Å². The van der Waals surface area contributed by atoms with Crippen LogP contribution in [-0.2, 0) is 4.79 Å². The lowest BCUT2D eigenvalue weighted by Crippen LogP contribution is -2.21. The van der Waals surface area contributed by atoms with E-state index in [9.17, 15) is 9.18 Å². The highest BCUT2D eigenvalue weighted by Gasteiger charge is 2.26. The molecule has 0 saturated heterocycles. The molecule has 0 aliphatic heterocycles. The van der Waals surface area contributed by atoms with Crippen molar-refractivity contribution < 1.29 is 9.18 Å². The van der Waals surface area contributed by atoms with Crippen LogP contribution in [0.25, 0.3) is 0 Å². The lowest BCUT2D eigenvalue weighted by molar-refractivity contribution is -0.124. The zero-order valence-electron chi connectivity index (χ0n) is 15.9. The molecule has 1 aromatic carbocycles. The van der Waals surface area contributed by atoms with Gasteiger partial charge in [-0.1, -0.05) is 64.0 Å². The second kappa shape index (κ2) is 11.4. The zero-order chi connectivity index (χ0) is 17.9. The van der Waals surface area contributed by atoms with Crippen LogP contribution in [0.5, 0.6) is 0 Å². The van der Waals surface area contributed by atoms with Crippen molar-refractivity contribution in [3.05, 3.63) is 35.6 Å². The summed E-state index contributed by atoms with van der Waals surface area (Å²) in [6, 6.07) is 6.91. The number of benzene rings is 1. The molecule has 25 heavy (non-hydrogen) atoms. The highest BCUT2D eigenvalue weighted by Crippen LogP contribution is 2.36. The summed E-state index contributed by atoms with van der Waals surface area (Å²) in [6.45, 7) is 2.25. The smallest absolute Gasteiger partial charge is 0.135 e. The average molecular weight is 347 g/mol. The summed E-state index contributed by atoms with van der Waals surface area (Å²) >= 11 is 0. The van der Waals surface area contributed by atoms with E-state index in [1.807, 2.05) is 12.1 Å². The maximum absolute atomic E-state index is 13.0. The summed E-state index contributed by atoms with van der Waals surface area (Å²) in [4.78, 5) is 12.4. The van der Waals surface area contributed by atoms with Gasteiger partial charge in [-0.2, -0.15) is 0 Å². The average Bonchev–Trinajstić information content (AvgIpc) is 2.64. The third kappa shape index (κ3) is 7.30. The van der Waals surface area contributed by atoms with E-state index in [-0.39, 0.29) is 11.7 Å². The van der Waals surface area contributed by atoms with Crippen LogP contribution in [-0.4, -0.2) is 5.78 Å².